The molecule has 1 saturated carbocycles. The molecule has 0 bridgehead atoms. The lowest BCUT2D eigenvalue weighted by Gasteiger charge is -2.36. The van der Waals surface area contributed by atoms with Gasteiger partial charge in [0.15, 0.2) is 0 Å². The Morgan fingerprint density at radius 1 is 1.17 bits per heavy atom. The summed E-state index contributed by atoms with van der Waals surface area (Å²) in [4.78, 5) is 2.55. The smallest absolute Gasteiger partial charge is 0.0702 e. The monoisotopic (exact) mass is 254 g/mol. The molecule has 106 valence electrons. The molecule has 0 aromatic carbocycles. The third kappa shape index (κ3) is 4.22. The van der Waals surface area contributed by atoms with E-state index in [0.717, 1.165) is 25.2 Å². The van der Waals surface area contributed by atoms with Crippen molar-refractivity contribution in [3.8, 4) is 0 Å². The maximum atomic E-state index is 5.73. The van der Waals surface area contributed by atoms with E-state index >= 15 is 0 Å². The molecule has 2 aliphatic rings. The van der Waals surface area contributed by atoms with Crippen molar-refractivity contribution in [1.29, 1.82) is 0 Å². The number of hydrogen-bond acceptors (Lipinski definition) is 3. The van der Waals surface area contributed by atoms with Gasteiger partial charge in [0.05, 0.1) is 6.10 Å². The summed E-state index contributed by atoms with van der Waals surface area (Å²) in [6.07, 6.45) is 9.67. The Morgan fingerprint density at radius 3 is 2.56 bits per heavy atom. The van der Waals surface area contributed by atoms with Gasteiger partial charge < -0.3 is 15.0 Å². The highest BCUT2D eigenvalue weighted by Gasteiger charge is 2.26. The molecule has 2 fully saturated rings. The lowest BCUT2D eigenvalue weighted by atomic mass is 9.90. The molecular formula is C15H30N2O. The highest BCUT2D eigenvalue weighted by molar-refractivity contribution is 4.83. The maximum Gasteiger partial charge on any atom is 0.0702 e. The van der Waals surface area contributed by atoms with Crippen LogP contribution in [0.5, 0.6) is 0 Å². The van der Waals surface area contributed by atoms with Crippen LogP contribution < -0.4 is 5.32 Å². The minimum atomic E-state index is 0.505. The molecule has 3 nitrogen and oxygen atoms in total. The average molecular weight is 254 g/mol. The Balaban J connectivity index is 1.65. The van der Waals surface area contributed by atoms with Gasteiger partial charge in [-0.2, -0.15) is 0 Å². The minimum Gasteiger partial charge on any atom is -0.377 e. The zero-order chi connectivity index (χ0) is 12.8. The van der Waals surface area contributed by atoms with Crippen LogP contribution in [0.1, 0.15) is 51.9 Å². The molecule has 0 aromatic heterocycles. The first-order valence-electron chi connectivity index (χ1n) is 7.84. The largest absolute Gasteiger partial charge is 0.377 e. The highest BCUT2D eigenvalue weighted by atomic mass is 16.5. The molecule has 0 amide bonds. The van der Waals surface area contributed by atoms with Crippen molar-refractivity contribution in [2.75, 3.05) is 26.7 Å². The predicted octanol–water partition coefficient (Wildman–Crippen LogP) is 2.41. The third-order valence-electron chi connectivity index (χ3n) is 4.52. The molecule has 1 heterocycles. The summed E-state index contributed by atoms with van der Waals surface area (Å²) >= 11 is 0. The van der Waals surface area contributed by atoms with E-state index in [-0.39, 0.29) is 0 Å². The van der Waals surface area contributed by atoms with Crippen LogP contribution in [0, 0.1) is 0 Å². The molecule has 1 unspecified atom stereocenters. The van der Waals surface area contributed by atoms with Gasteiger partial charge in [0.1, 0.15) is 0 Å². The average Bonchev–Trinajstić information content (AvgIpc) is 2.89. The van der Waals surface area contributed by atoms with Crippen LogP contribution in [-0.2, 0) is 4.74 Å². The molecule has 1 aliphatic heterocycles. The molecule has 2 rings (SSSR count). The summed E-state index contributed by atoms with van der Waals surface area (Å²) in [6.45, 7) is 5.54. The molecule has 1 aliphatic carbocycles. The predicted molar refractivity (Wildman–Crippen MR) is 75.9 cm³/mol. The highest BCUT2D eigenvalue weighted by Crippen LogP contribution is 2.24. The molecule has 1 saturated heterocycles. The van der Waals surface area contributed by atoms with E-state index < -0.39 is 0 Å². The first kappa shape index (κ1) is 14.3. The van der Waals surface area contributed by atoms with Crippen LogP contribution >= 0.6 is 0 Å². The second-order valence-electron chi connectivity index (χ2n) is 6.03. The van der Waals surface area contributed by atoms with E-state index in [0.29, 0.717) is 6.10 Å². The van der Waals surface area contributed by atoms with Gasteiger partial charge in [-0.15, -0.1) is 0 Å². The van der Waals surface area contributed by atoms with Crippen molar-refractivity contribution in [2.24, 2.45) is 0 Å². The lowest BCUT2D eigenvalue weighted by Crippen LogP contribution is -2.43. The van der Waals surface area contributed by atoms with Gasteiger partial charge >= 0.3 is 0 Å². The van der Waals surface area contributed by atoms with Gasteiger partial charge in [-0.25, -0.2) is 0 Å². The van der Waals surface area contributed by atoms with Gasteiger partial charge in [-0.05, 0) is 58.5 Å². The van der Waals surface area contributed by atoms with Crippen molar-refractivity contribution in [3.63, 3.8) is 0 Å². The van der Waals surface area contributed by atoms with Crippen molar-refractivity contribution in [2.45, 2.75) is 70.1 Å². The minimum absolute atomic E-state index is 0.505. The van der Waals surface area contributed by atoms with Crippen LogP contribution in [0.2, 0.25) is 0 Å². The van der Waals surface area contributed by atoms with Gasteiger partial charge in [0.2, 0.25) is 0 Å². The summed E-state index contributed by atoms with van der Waals surface area (Å²) in [5.74, 6) is 0. The van der Waals surface area contributed by atoms with Gasteiger partial charge in [-0.3, -0.25) is 0 Å². The second-order valence-corrected chi connectivity index (χ2v) is 6.03. The molecule has 0 radical (unpaired) electrons. The Kier molecular flexibility index (Phi) is 5.93. The SMILES string of the molecule is CCCNC1CCC(N(C)CC2CCCO2)CC1. The summed E-state index contributed by atoms with van der Waals surface area (Å²) in [5, 5.41) is 3.66. The van der Waals surface area contributed by atoms with Crippen molar-refractivity contribution < 1.29 is 4.74 Å². The second kappa shape index (κ2) is 7.46. The van der Waals surface area contributed by atoms with Crippen LogP contribution in [0.25, 0.3) is 0 Å². The van der Waals surface area contributed by atoms with E-state index in [9.17, 15) is 0 Å². The standard InChI is InChI=1S/C15H30N2O/c1-3-10-16-13-6-8-14(9-7-13)17(2)12-15-5-4-11-18-15/h13-16H,3-12H2,1-2H3. The van der Waals surface area contributed by atoms with Crippen molar-refractivity contribution in [3.05, 3.63) is 0 Å². The van der Waals surface area contributed by atoms with E-state index in [1.54, 1.807) is 0 Å². The quantitative estimate of drug-likeness (QED) is 0.788. The topological polar surface area (TPSA) is 24.5 Å². The molecule has 1 atom stereocenters. The molecule has 0 aromatic rings. The molecule has 1 N–H and O–H groups in total. The Labute approximate surface area is 112 Å². The number of rotatable bonds is 6. The van der Waals surface area contributed by atoms with Crippen molar-refractivity contribution in [1.82, 2.24) is 10.2 Å². The number of ether oxygens (including phenoxy) is 1. The van der Waals surface area contributed by atoms with Crippen LogP contribution in [0.3, 0.4) is 0 Å². The van der Waals surface area contributed by atoms with E-state index in [4.69, 9.17) is 4.74 Å². The van der Waals surface area contributed by atoms with Gasteiger partial charge in [0.25, 0.3) is 0 Å². The van der Waals surface area contributed by atoms with Crippen LogP contribution in [0.4, 0.5) is 0 Å². The number of nitrogens with one attached hydrogen (secondary N) is 1. The lowest BCUT2D eigenvalue weighted by molar-refractivity contribution is 0.0588. The molecule has 0 spiro atoms. The molecular weight excluding hydrogens is 224 g/mol. The fraction of sp³-hybridized carbons (Fsp3) is 1.00. The van der Waals surface area contributed by atoms with Gasteiger partial charge in [0, 0.05) is 25.2 Å². The summed E-state index contributed by atoms with van der Waals surface area (Å²) in [7, 11) is 2.28. The number of nitrogens with zero attached hydrogens (tertiary/aromatic N) is 1. The Hall–Kier alpha value is -0.120. The summed E-state index contributed by atoms with van der Waals surface area (Å²) in [6, 6.07) is 1.56. The van der Waals surface area contributed by atoms with Gasteiger partial charge in [-0.1, -0.05) is 6.92 Å². The van der Waals surface area contributed by atoms with E-state index in [1.165, 1.54) is 51.5 Å². The summed E-state index contributed by atoms with van der Waals surface area (Å²) < 4.78 is 5.73. The molecule has 18 heavy (non-hydrogen) atoms. The normalized spacial score (nSPS) is 33.2. The zero-order valence-corrected chi connectivity index (χ0v) is 12.2. The first-order valence-corrected chi connectivity index (χ1v) is 7.84. The summed E-state index contributed by atoms with van der Waals surface area (Å²) in [5.41, 5.74) is 0. The van der Waals surface area contributed by atoms with Crippen molar-refractivity contribution >= 4 is 0 Å². The fourth-order valence-electron chi connectivity index (χ4n) is 3.33. The zero-order valence-electron chi connectivity index (χ0n) is 12.2. The van der Waals surface area contributed by atoms with Crippen LogP contribution in [0.15, 0.2) is 0 Å². The Bertz CT molecular complexity index is 221. The number of hydrogen-bond donors (Lipinski definition) is 1. The van der Waals surface area contributed by atoms with E-state index in [2.05, 4.69) is 24.2 Å². The van der Waals surface area contributed by atoms with Crippen LogP contribution in [-0.4, -0.2) is 49.8 Å². The van der Waals surface area contributed by atoms with E-state index in [1.807, 2.05) is 0 Å². The third-order valence-corrected chi connectivity index (χ3v) is 4.52. The first-order chi connectivity index (χ1) is 8.79. The maximum absolute atomic E-state index is 5.73. The Morgan fingerprint density at radius 2 is 1.94 bits per heavy atom. The fourth-order valence-corrected chi connectivity index (χ4v) is 3.33. The number of likely N-dealkylation sites (N-methyl/N-ethyl adjacent to an activating group) is 1. The molecule has 3 heteroatoms.